The maximum absolute atomic E-state index is 5.26. The van der Waals surface area contributed by atoms with Crippen LogP contribution in [0, 0.1) is 0 Å². The first-order valence-corrected chi connectivity index (χ1v) is 11.0. The second-order valence-electron chi connectivity index (χ2n) is 6.01. The molecule has 0 amide bonds. The Morgan fingerprint density at radius 1 is 1.06 bits per heavy atom. The number of rotatable bonds is 10. The van der Waals surface area contributed by atoms with Gasteiger partial charge in [-0.2, -0.15) is 0 Å². The molecule has 0 saturated heterocycles. The summed E-state index contributed by atoms with van der Waals surface area (Å²) in [4.78, 5) is 0. The summed E-state index contributed by atoms with van der Waals surface area (Å²) in [6.07, 6.45) is 11.7. The van der Waals surface area contributed by atoms with Gasteiger partial charge in [0, 0.05) is 0 Å². The largest absolute Gasteiger partial charge is 0.502 e. The van der Waals surface area contributed by atoms with Crippen LogP contribution in [0.2, 0.25) is 19.6 Å². The monoisotopic (exact) mass is 268 g/mol. The van der Waals surface area contributed by atoms with Crippen molar-refractivity contribution in [2.75, 3.05) is 6.61 Å². The Labute approximate surface area is 115 Å². The van der Waals surface area contributed by atoms with Crippen molar-refractivity contribution < 1.29 is 4.74 Å². The van der Waals surface area contributed by atoms with Gasteiger partial charge in [0.1, 0.15) is 0 Å². The molecule has 0 heterocycles. The highest BCUT2D eigenvalue weighted by molar-refractivity contribution is 6.81. The topological polar surface area (TPSA) is 9.23 Å². The molecule has 0 unspecified atom stereocenters. The number of hydrogen-bond acceptors (Lipinski definition) is 1. The fourth-order valence-electron chi connectivity index (χ4n) is 1.99. The quantitative estimate of drug-likeness (QED) is 0.280. The van der Waals surface area contributed by atoms with Crippen molar-refractivity contribution in [3.8, 4) is 0 Å². The summed E-state index contributed by atoms with van der Waals surface area (Å²) >= 11 is 0. The van der Waals surface area contributed by atoms with Crippen LogP contribution in [0.3, 0.4) is 0 Å². The molecule has 106 valence electrons. The molecule has 0 aromatic heterocycles. The molecule has 0 atom stereocenters. The molecular formula is C16H32OSi. The van der Waals surface area contributed by atoms with Crippen LogP contribution in [0.1, 0.15) is 52.4 Å². The molecule has 0 radical (unpaired) electrons. The number of hydrogen-bond donors (Lipinski definition) is 0. The second kappa shape index (κ2) is 10.4. The zero-order valence-electron chi connectivity index (χ0n) is 13.1. The predicted octanol–water partition coefficient (Wildman–Crippen LogP) is 5.70. The Balaban J connectivity index is 4.22. The van der Waals surface area contributed by atoms with E-state index in [-0.39, 0.29) is 0 Å². The molecular weight excluding hydrogens is 236 g/mol. The van der Waals surface area contributed by atoms with Crippen LogP contribution in [0.5, 0.6) is 0 Å². The fraction of sp³-hybridized carbons (Fsp3) is 0.750. The van der Waals surface area contributed by atoms with Crippen LogP contribution in [0.25, 0.3) is 0 Å². The molecule has 0 aromatic carbocycles. The van der Waals surface area contributed by atoms with E-state index < -0.39 is 8.07 Å². The van der Waals surface area contributed by atoms with E-state index in [1.165, 1.54) is 32.1 Å². The van der Waals surface area contributed by atoms with Crippen molar-refractivity contribution in [3.63, 3.8) is 0 Å². The minimum atomic E-state index is -1.09. The lowest BCUT2D eigenvalue weighted by Gasteiger charge is -2.14. The van der Waals surface area contributed by atoms with Crippen LogP contribution in [0.15, 0.2) is 23.6 Å². The van der Waals surface area contributed by atoms with Gasteiger partial charge in [-0.1, -0.05) is 57.1 Å². The minimum Gasteiger partial charge on any atom is -0.502 e. The molecule has 0 spiro atoms. The number of ether oxygens (including phenoxy) is 1. The van der Waals surface area contributed by atoms with Gasteiger partial charge in [-0.25, -0.2) is 0 Å². The first kappa shape index (κ1) is 17.5. The normalized spacial score (nSPS) is 13.3. The molecule has 0 aliphatic carbocycles. The highest BCUT2D eigenvalue weighted by atomic mass is 28.3. The smallest absolute Gasteiger partial charge is 0.0845 e. The number of allylic oxidation sites excluding steroid dienone is 2. The molecule has 0 bridgehead atoms. The lowest BCUT2D eigenvalue weighted by Crippen LogP contribution is -2.16. The molecule has 0 N–H and O–H groups in total. The predicted molar refractivity (Wildman–Crippen MR) is 85.6 cm³/mol. The van der Waals surface area contributed by atoms with Crippen molar-refractivity contribution in [2.24, 2.45) is 0 Å². The Morgan fingerprint density at radius 3 is 2.33 bits per heavy atom. The Bertz CT molecular complexity index is 248. The molecule has 0 saturated carbocycles. The van der Waals surface area contributed by atoms with Gasteiger partial charge < -0.3 is 4.74 Å². The van der Waals surface area contributed by atoms with Crippen LogP contribution in [-0.2, 0) is 4.74 Å². The Kier molecular flexibility index (Phi) is 10.1. The number of unbranched alkanes of at least 4 members (excludes halogenated alkanes) is 3. The van der Waals surface area contributed by atoms with Gasteiger partial charge in [-0.15, -0.1) is 0 Å². The van der Waals surface area contributed by atoms with Gasteiger partial charge in [0.25, 0.3) is 0 Å². The molecule has 0 aromatic rings. The summed E-state index contributed by atoms with van der Waals surface area (Å²) in [5.41, 5.74) is 4.18. The third kappa shape index (κ3) is 12.0. The minimum absolute atomic E-state index is 0.764. The first-order chi connectivity index (χ1) is 8.49. The van der Waals surface area contributed by atoms with E-state index in [1.807, 2.05) is 13.2 Å². The van der Waals surface area contributed by atoms with Crippen molar-refractivity contribution in [3.05, 3.63) is 23.6 Å². The molecule has 0 rings (SSSR count). The van der Waals surface area contributed by atoms with Gasteiger partial charge in [-0.05, 0) is 32.3 Å². The van der Waals surface area contributed by atoms with Crippen LogP contribution < -0.4 is 0 Å². The average Bonchev–Trinajstić information content (AvgIpc) is 2.28. The lowest BCUT2D eigenvalue weighted by atomic mass is 10.1. The first-order valence-electron chi connectivity index (χ1n) is 7.46. The summed E-state index contributed by atoms with van der Waals surface area (Å²) in [7, 11) is -1.09. The van der Waals surface area contributed by atoms with Gasteiger partial charge in [0.05, 0.1) is 20.9 Å². The summed E-state index contributed by atoms with van der Waals surface area (Å²) < 4.78 is 5.26. The van der Waals surface area contributed by atoms with E-state index in [1.54, 1.807) is 5.57 Å². The van der Waals surface area contributed by atoms with Gasteiger partial charge in [-0.3, -0.25) is 0 Å². The van der Waals surface area contributed by atoms with Crippen LogP contribution in [-0.4, -0.2) is 14.7 Å². The molecule has 2 heteroatoms. The van der Waals surface area contributed by atoms with E-state index in [0.29, 0.717) is 0 Å². The van der Waals surface area contributed by atoms with Crippen molar-refractivity contribution in [1.82, 2.24) is 0 Å². The summed E-state index contributed by atoms with van der Waals surface area (Å²) in [5.74, 6) is 0. The van der Waals surface area contributed by atoms with E-state index in [2.05, 4.69) is 38.3 Å². The average molecular weight is 269 g/mol. The van der Waals surface area contributed by atoms with Crippen molar-refractivity contribution >= 4 is 8.07 Å². The SMILES string of the molecule is CCCCCC/C(=C\[Si](C)(C)C)CC=COCC. The molecule has 1 nitrogen and oxygen atoms in total. The van der Waals surface area contributed by atoms with Crippen molar-refractivity contribution in [2.45, 2.75) is 72.0 Å². The van der Waals surface area contributed by atoms with Gasteiger partial charge in [0.2, 0.25) is 0 Å². The fourth-order valence-corrected chi connectivity index (χ4v) is 3.48. The summed E-state index contributed by atoms with van der Waals surface area (Å²) in [6.45, 7) is 12.3. The van der Waals surface area contributed by atoms with E-state index >= 15 is 0 Å². The molecule has 0 aliphatic rings. The summed E-state index contributed by atoms with van der Waals surface area (Å²) in [6, 6.07) is 0. The van der Waals surface area contributed by atoms with E-state index in [4.69, 9.17) is 4.74 Å². The third-order valence-corrected chi connectivity index (χ3v) is 4.00. The Hall–Kier alpha value is -0.503. The lowest BCUT2D eigenvalue weighted by molar-refractivity contribution is 0.268. The molecule has 0 aliphatic heterocycles. The highest BCUT2D eigenvalue weighted by Gasteiger charge is 2.10. The van der Waals surface area contributed by atoms with Gasteiger partial charge >= 0.3 is 0 Å². The third-order valence-electron chi connectivity index (χ3n) is 2.73. The van der Waals surface area contributed by atoms with Crippen LogP contribution >= 0.6 is 0 Å². The maximum atomic E-state index is 5.26. The zero-order chi connectivity index (χ0) is 13.9. The van der Waals surface area contributed by atoms with E-state index in [0.717, 1.165) is 13.0 Å². The van der Waals surface area contributed by atoms with Crippen molar-refractivity contribution in [1.29, 1.82) is 0 Å². The summed E-state index contributed by atoms with van der Waals surface area (Å²) in [5, 5.41) is 0. The maximum Gasteiger partial charge on any atom is 0.0845 e. The zero-order valence-corrected chi connectivity index (χ0v) is 14.1. The standard InChI is InChI=1S/C16H32OSi/c1-6-8-9-10-12-16(15-18(3,4)5)13-11-14-17-7-2/h11,14-15H,6-10,12-13H2,1-5H3/b14-11?,16-15+. The molecule has 0 fully saturated rings. The highest BCUT2D eigenvalue weighted by Crippen LogP contribution is 2.18. The molecule has 18 heavy (non-hydrogen) atoms. The Morgan fingerprint density at radius 2 is 1.78 bits per heavy atom. The van der Waals surface area contributed by atoms with E-state index in [9.17, 15) is 0 Å². The van der Waals surface area contributed by atoms with Gasteiger partial charge in [0.15, 0.2) is 0 Å². The van der Waals surface area contributed by atoms with Crippen LogP contribution in [0.4, 0.5) is 0 Å². The second-order valence-corrected chi connectivity index (χ2v) is 11.0.